The fourth-order valence-corrected chi connectivity index (χ4v) is 2.73. The van der Waals surface area contributed by atoms with Gasteiger partial charge >= 0.3 is 5.97 Å². The number of piperazine rings is 1. The average Bonchev–Trinajstić information content (AvgIpc) is 3.12. The zero-order valence-corrected chi connectivity index (χ0v) is 15.9. The second kappa shape index (κ2) is 8.66. The number of carbonyl (C=O) groups is 1. The molecule has 9 nitrogen and oxygen atoms in total. The van der Waals surface area contributed by atoms with Crippen molar-refractivity contribution >= 4 is 17.4 Å². The van der Waals surface area contributed by atoms with Gasteiger partial charge in [0.2, 0.25) is 0 Å². The van der Waals surface area contributed by atoms with E-state index in [2.05, 4.69) is 25.3 Å². The molecule has 1 saturated heterocycles. The summed E-state index contributed by atoms with van der Waals surface area (Å²) in [4.78, 5) is 31.0. The molecule has 1 aliphatic heterocycles. The predicted octanol–water partition coefficient (Wildman–Crippen LogP) is 1.22. The summed E-state index contributed by atoms with van der Waals surface area (Å²) in [6.45, 7) is 7.04. The molecule has 0 spiro atoms. The summed E-state index contributed by atoms with van der Waals surface area (Å²) in [5.74, 6) is -0.0689. The maximum Gasteiger partial charge on any atom is 0.305 e. The first-order valence-corrected chi connectivity index (χ1v) is 9.18. The summed E-state index contributed by atoms with van der Waals surface area (Å²) in [6, 6.07) is 7.50. The third kappa shape index (κ3) is 4.37. The van der Waals surface area contributed by atoms with Crippen LogP contribution in [0.15, 0.2) is 41.5 Å². The molecule has 28 heavy (non-hydrogen) atoms. The van der Waals surface area contributed by atoms with Crippen LogP contribution in [0.25, 0.3) is 16.9 Å². The second-order valence-corrected chi connectivity index (χ2v) is 6.75. The highest BCUT2D eigenvalue weighted by Gasteiger charge is 2.15. The van der Waals surface area contributed by atoms with Gasteiger partial charge in [0.1, 0.15) is 5.82 Å². The number of fused-ring (bicyclic) bond motifs is 1. The molecule has 0 bridgehead atoms. The highest BCUT2D eigenvalue weighted by molar-refractivity contribution is 5.68. The standard InChI is InChI=1S/C15H16N6O.C4H8O2/c22-15-11(2-1-5-17-15)12-10-18-13-3-4-14(19-21(12)13)20-8-6-16-7-9-20;1-3(2)4(5)6/h1-5,10,16H,6-9H2,(H,17,22);3H,1-2H3,(H,5,6). The van der Waals surface area contributed by atoms with E-state index in [4.69, 9.17) is 5.11 Å². The van der Waals surface area contributed by atoms with Crippen LogP contribution in [-0.2, 0) is 4.79 Å². The lowest BCUT2D eigenvalue weighted by Crippen LogP contribution is -2.44. The van der Waals surface area contributed by atoms with Crippen LogP contribution in [0.5, 0.6) is 0 Å². The highest BCUT2D eigenvalue weighted by Crippen LogP contribution is 2.19. The summed E-state index contributed by atoms with van der Waals surface area (Å²) in [5, 5.41) is 16.0. The largest absolute Gasteiger partial charge is 0.481 e. The summed E-state index contributed by atoms with van der Waals surface area (Å²) < 4.78 is 1.74. The molecule has 3 aromatic rings. The van der Waals surface area contributed by atoms with Crippen molar-refractivity contribution in [2.45, 2.75) is 13.8 Å². The number of aromatic nitrogens is 4. The Morgan fingerprint density at radius 1 is 1.21 bits per heavy atom. The molecule has 0 radical (unpaired) electrons. The van der Waals surface area contributed by atoms with Crippen LogP contribution in [0.4, 0.5) is 5.82 Å². The Morgan fingerprint density at radius 3 is 2.57 bits per heavy atom. The van der Waals surface area contributed by atoms with E-state index in [0.29, 0.717) is 11.3 Å². The van der Waals surface area contributed by atoms with Gasteiger partial charge in [-0.05, 0) is 24.3 Å². The summed E-state index contributed by atoms with van der Waals surface area (Å²) in [6.07, 6.45) is 3.31. The van der Waals surface area contributed by atoms with Gasteiger partial charge in [-0.1, -0.05) is 13.8 Å². The minimum absolute atomic E-state index is 0.140. The van der Waals surface area contributed by atoms with Gasteiger partial charge in [-0.25, -0.2) is 9.50 Å². The van der Waals surface area contributed by atoms with Crippen molar-refractivity contribution in [1.82, 2.24) is 24.9 Å². The lowest BCUT2D eigenvalue weighted by Gasteiger charge is -2.28. The number of rotatable bonds is 3. The molecular weight excluding hydrogens is 360 g/mol. The van der Waals surface area contributed by atoms with E-state index >= 15 is 0 Å². The van der Waals surface area contributed by atoms with Gasteiger partial charge in [0.05, 0.1) is 23.4 Å². The monoisotopic (exact) mass is 384 g/mol. The molecule has 9 heteroatoms. The van der Waals surface area contributed by atoms with Crippen LogP contribution < -0.4 is 15.8 Å². The molecule has 4 heterocycles. The topological polar surface area (TPSA) is 116 Å². The Bertz CT molecular complexity index is 1000. The molecule has 3 aromatic heterocycles. The Balaban J connectivity index is 0.000000330. The summed E-state index contributed by atoms with van der Waals surface area (Å²) >= 11 is 0. The third-order valence-electron chi connectivity index (χ3n) is 4.38. The molecule has 0 amide bonds. The molecule has 4 rings (SSSR count). The predicted molar refractivity (Wildman–Crippen MR) is 107 cm³/mol. The van der Waals surface area contributed by atoms with Crippen LogP contribution in [0.3, 0.4) is 0 Å². The Labute approximate surface area is 162 Å². The first-order chi connectivity index (χ1) is 13.5. The van der Waals surface area contributed by atoms with Crippen LogP contribution in [0.2, 0.25) is 0 Å². The number of carboxylic acids is 1. The zero-order valence-electron chi connectivity index (χ0n) is 15.9. The number of nitrogens with one attached hydrogen (secondary N) is 2. The quantitative estimate of drug-likeness (QED) is 0.622. The molecule has 1 aliphatic rings. The van der Waals surface area contributed by atoms with Crippen molar-refractivity contribution in [3.63, 3.8) is 0 Å². The molecule has 0 aromatic carbocycles. The third-order valence-corrected chi connectivity index (χ3v) is 4.38. The lowest BCUT2D eigenvalue weighted by molar-refractivity contribution is -0.140. The van der Waals surface area contributed by atoms with E-state index in [1.165, 1.54) is 0 Å². The molecule has 3 N–H and O–H groups in total. The van der Waals surface area contributed by atoms with Crippen LogP contribution in [0, 0.1) is 5.92 Å². The molecular formula is C19H24N6O3. The highest BCUT2D eigenvalue weighted by atomic mass is 16.4. The maximum atomic E-state index is 12.0. The molecule has 0 saturated carbocycles. The first-order valence-electron chi connectivity index (χ1n) is 9.18. The van der Waals surface area contributed by atoms with E-state index in [9.17, 15) is 9.59 Å². The molecule has 1 fully saturated rings. The van der Waals surface area contributed by atoms with Crippen molar-refractivity contribution in [3.8, 4) is 11.3 Å². The van der Waals surface area contributed by atoms with Gasteiger partial charge in [0.15, 0.2) is 5.65 Å². The summed E-state index contributed by atoms with van der Waals surface area (Å²) in [5.41, 5.74) is 1.87. The van der Waals surface area contributed by atoms with Crippen molar-refractivity contribution in [2.24, 2.45) is 5.92 Å². The van der Waals surface area contributed by atoms with E-state index in [1.807, 2.05) is 12.1 Å². The van der Waals surface area contributed by atoms with Crippen molar-refractivity contribution < 1.29 is 9.90 Å². The van der Waals surface area contributed by atoms with Gasteiger partial charge in [-0.3, -0.25) is 9.59 Å². The van der Waals surface area contributed by atoms with E-state index in [-0.39, 0.29) is 11.5 Å². The molecule has 0 atom stereocenters. The van der Waals surface area contributed by atoms with Gasteiger partial charge < -0.3 is 20.3 Å². The first kappa shape index (κ1) is 19.6. The minimum atomic E-state index is -0.741. The number of H-pyrrole nitrogens is 1. The van der Waals surface area contributed by atoms with E-state index in [1.54, 1.807) is 42.9 Å². The Kier molecular flexibility index (Phi) is 6.05. The number of hydrogen-bond acceptors (Lipinski definition) is 6. The fourth-order valence-electron chi connectivity index (χ4n) is 2.73. The molecule has 0 unspecified atom stereocenters. The minimum Gasteiger partial charge on any atom is -0.481 e. The van der Waals surface area contributed by atoms with Gasteiger partial charge in [0.25, 0.3) is 5.56 Å². The van der Waals surface area contributed by atoms with Crippen molar-refractivity contribution in [1.29, 1.82) is 0 Å². The van der Waals surface area contributed by atoms with Gasteiger partial charge in [-0.2, -0.15) is 0 Å². The smallest absolute Gasteiger partial charge is 0.305 e. The second-order valence-electron chi connectivity index (χ2n) is 6.75. The molecule has 0 aliphatic carbocycles. The van der Waals surface area contributed by atoms with Crippen LogP contribution >= 0.6 is 0 Å². The van der Waals surface area contributed by atoms with E-state index in [0.717, 1.165) is 37.6 Å². The fraction of sp³-hybridized carbons (Fsp3) is 0.368. The maximum absolute atomic E-state index is 12.0. The summed E-state index contributed by atoms with van der Waals surface area (Å²) in [7, 11) is 0. The zero-order chi connectivity index (χ0) is 20.1. The van der Waals surface area contributed by atoms with Gasteiger partial charge in [0, 0.05) is 32.4 Å². The number of pyridine rings is 1. The number of carboxylic acid groups (broad SMARTS) is 1. The number of anilines is 1. The number of imidazole rings is 1. The Morgan fingerprint density at radius 2 is 1.93 bits per heavy atom. The average molecular weight is 384 g/mol. The molecule has 148 valence electrons. The van der Waals surface area contributed by atoms with E-state index < -0.39 is 5.97 Å². The SMILES string of the molecule is CC(C)C(=O)O.O=c1[nH]cccc1-c1cnc2ccc(N3CCNCC3)nn12. The van der Waals surface area contributed by atoms with Crippen molar-refractivity contribution in [3.05, 3.63) is 47.0 Å². The lowest BCUT2D eigenvalue weighted by atomic mass is 10.2. The number of hydrogen-bond donors (Lipinski definition) is 3. The van der Waals surface area contributed by atoms with Crippen molar-refractivity contribution in [2.75, 3.05) is 31.1 Å². The number of aromatic amines is 1. The normalized spacial score (nSPS) is 14.0. The van der Waals surface area contributed by atoms with Gasteiger partial charge in [-0.15, -0.1) is 5.10 Å². The number of nitrogens with zero attached hydrogens (tertiary/aromatic N) is 4. The Hall–Kier alpha value is -3.20. The van der Waals surface area contributed by atoms with Crippen LogP contribution in [0.1, 0.15) is 13.8 Å². The number of aliphatic carboxylic acids is 1. The van der Waals surface area contributed by atoms with Crippen LogP contribution in [-0.4, -0.2) is 56.8 Å².